The maximum absolute atomic E-state index is 11.9. The lowest BCUT2D eigenvalue weighted by atomic mass is 10.2. The molecule has 4 nitrogen and oxygen atoms in total. The zero-order valence-corrected chi connectivity index (χ0v) is 12.5. The Morgan fingerprint density at radius 2 is 2.10 bits per heavy atom. The Kier molecular flexibility index (Phi) is 7.73. The monoisotopic (exact) mass is 279 g/mol. The highest BCUT2D eigenvalue weighted by Gasteiger charge is 2.09. The van der Waals surface area contributed by atoms with Crippen molar-refractivity contribution in [3.8, 4) is 5.75 Å². The quantitative estimate of drug-likeness (QED) is 0.705. The predicted octanol–water partition coefficient (Wildman–Crippen LogP) is 2.25. The number of benzene rings is 1. The molecule has 0 fully saturated rings. The molecule has 1 aromatic carbocycles. The Morgan fingerprint density at radius 3 is 2.80 bits per heavy atom. The molecule has 0 saturated heterocycles. The Bertz CT molecular complexity index is 406. The van der Waals surface area contributed by atoms with E-state index in [4.69, 9.17) is 9.84 Å². The summed E-state index contributed by atoms with van der Waals surface area (Å²) in [6.07, 6.45) is 3.60. The molecule has 1 amide bonds. The molecule has 0 radical (unpaired) electrons. The number of aryl methyl sites for hydroxylation is 1. The number of likely N-dealkylation sites (N-methyl/N-ethyl adjacent to an activating group) is 1. The first-order valence-corrected chi connectivity index (χ1v) is 7.24. The summed E-state index contributed by atoms with van der Waals surface area (Å²) in [4.78, 5) is 13.6. The average Bonchev–Trinajstić information content (AvgIpc) is 2.49. The van der Waals surface area contributed by atoms with Crippen molar-refractivity contribution in [3.63, 3.8) is 0 Å². The molecule has 112 valence electrons. The van der Waals surface area contributed by atoms with Gasteiger partial charge in [-0.15, -0.1) is 0 Å². The van der Waals surface area contributed by atoms with Crippen LogP contribution in [-0.2, 0) is 11.2 Å². The van der Waals surface area contributed by atoms with Crippen molar-refractivity contribution in [3.05, 3.63) is 29.8 Å². The Hall–Kier alpha value is -1.55. The second kappa shape index (κ2) is 9.37. The van der Waals surface area contributed by atoms with Crippen LogP contribution < -0.4 is 4.74 Å². The van der Waals surface area contributed by atoms with Crippen LogP contribution >= 0.6 is 0 Å². The Morgan fingerprint density at radius 1 is 1.30 bits per heavy atom. The Balaban J connectivity index is 2.30. The van der Waals surface area contributed by atoms with Crippen molar-refractivity contribution in [2.75, 3.05) is 26.8 Å². The van der Waals surface area contributed by atoms with Gasteiger partial charge < -0.3 is 14.7 Å². The van der Waals surface area contributed by atoms with Gasteiger partial charge in [-0.25, -0.2) is 0 Å². The minimum atomic E-state index is -0.0177. The largest absolute Gasteiger partial charge is 0.484 e. The average molecular weight is 279 g/mol. The number of nitrogens with zero attached hydrogens (tertiary/aromatic N) is 1. The zero-order chi connectivity index (χ0) is 14.8. The molecule has 0 spiro atoms. The van der Waals surface area contributed by atoms with Crippen molar-refractivity contribution in [1.29, 1.82) is 0 Å². The van der Waals surface area contributed by atoms with Crippen molar-refractivity contribution < 1.29 is 14.6 Å². The molecule has 4 heteroatoms. The molecule has 20 heavy (non-hydrogen) atoms. The first-order valence-electron chi connectivity index (χ1n) is 7.24. The normalized spacial score (nSPS) is 10.3. The van der Waals surface area contributed by atoms with E-state index in [1.807, 2.05) is 24.3 Å². The van der Waals surface area contributed by atoms with Gasteiger partial charge in [0.15, 0.2) is 6.61 Å². The van der Waals surface area contributed by atoms with Gasteiger partial charge in [0.25, 0.3) is 5.91 Å². The van der Waals surface area contributed by atoms with Crippen LogP contribution in [0.15, 0.2) is 24.3 Å². The topological polar surface area (TPSA) is 49.8 Å². The third kappa shape index (κ3) is 6.06. The summed E-state index contributed by atoms with van der Waals surface area (Å²) in [5, 5.41) is 8.69. The molecule has 0 saturated carbocycles. The fourth-order valence-electron chi connectivity index (χ4n) is 1.87. The van der Waals surface area contributed by atoms with E-state index < -0.39 is 0 Å². The molecule has 1 N–H and O–H groups in total. The van der Waals surface area contributed by atoms with E-state index in [0.717, 1.165) is 31.4 Å². The molecule has 0 aliphatic carbocycles. The maximum atomic E-state index is 11.9. The van der Waals surface area contributed by atoms with E-state index in [2.05, 4.69) is 6.92 Å². The maximum Gasteiger partial charge on any atom is 0.260 e. The molecule has 0 aromatic heterocycles. The third-order valence-corrected chi connectivity index (χ3v) is 3.25. The van der Waals surface area contributed by atoms with Crippen molar-refractivity contribution >= 4 is 5.91 Å². The summed E-state index contributed by atoms with van der Waals surface area (Å²) in [6.45, 7) is 3.08. The van der Waals surface area contributed by atoms with Crippen LogP contribution in [0.3, 0.4) is 0 Å². The molecule has 0 unspecified atom stereocenters. The lowest BCUT2D eigenvalue weighted by Crippen LogP contribution is -2.32. The summed E-state index contributed by atoms with van der Waals surface area (Å²) in [5.41, 5.74) is 1.20. The molecule has 0 heterocycles. The van der Waals surface area contributed by atoms with E-state index in [1.165, 1.54) is 5.56 Å². The second-order valence-electron chi connectivity index (χ2n) is 4.89. The van der Waals surface area contributed by atoms with Crippen molar-refractivity contribution in [2.24, 2.45) is 0 Å². The first kappa shape index (κ1) is 16.5. The number of aliphatic hydroxyl groups excluding tert-OH is 1. The van der Waals surface area contributed by atoms with Gasteiger partial charge in [-0.05, 0) is 43.4 Å². The number of unbranched alkanes of at least 4 members (excludes halogenated alkanes) is 2. The summed E-state index contributed by atoms with van der Waals surface area (Å²) < 4.78 is 5.53. The van der Waals surface area contributed by atoms with E-state index in [1.54, 1.807) is 11.9 Å². The van der Waals surface area contributed by atoms with E-state index in [0.29, 0.717) is 6.54 Å². The highest BCUT2D eigenvalue weighted by atomic mass is 16.5. The number of amides is 1. The van der Waals surface area contributed by atoms with Crippen LogP contribution in [0.4, 0.5) is 0 Å². The van der Waals surface area contributed by atoms with Crippen LogP contribution in [-0.4, -0.2) is 42.7 Å². The van der Waals surface area contributed by atoms with Gasteiger partial charge >= 0.3 is 0 Å². The summed E-state index contributed by atoms with van der Waals surface area (Å²) in [5.74, 6) is 0.724. The highest BCUT2D eigenvalue weighted by molar-refractivity contribution is 5.77. The number of ether oxygens (including phenoxy) is 1. The minimum absolute atomic E-state index is 0.0177. The standard InChI is InChI=1S/C16H25NO3/c1-3-14-8-7-9-15(12-14)20-13-16(19)17(2)10-5-4-6-11-18/h7-9,12,18H,3-6,10-11,13H2,1-2H3. The third-order valence-electron chi connectivity index (χ3n) is 3.25. The van der Waals surface area contributed by atoms with Crippen LogP contribution in [0.2, 0.25) is 0 Å². The number of carbonyl (C=O) groups excluding carboxylic acids is 1. The number of hydrogen-bond donors (Lipinski definition) is 1. The van der Waals surface area contributed by atoms with Crippen molar-refractivity contribution in [2.45, 2.75) is 32.6 Å². The lowest BCUT2D eigenvalue weighted by molar-refractivity contribution is -0.132. The molecule has 0 atom stereocenters. The van der Waals surface area contributed by atoms with Crippen molar-refractivity contribution in [1.82, 2.24) is 4.90 Å². The second-order valence-corrected chi connectivity index (χ2v) is 4.89. The van der Waals surface area contributed by atoms with Crippen LogP contribution in [0, 0.1) is 0 Å². The first-order chi connectivity index (χ1) is 9.67. The van der Waals surface area contributed by atoms with Gasteiger partial charge in [-0.2, -0.15) is 0 Å². The Labute approximate surface area is 121 Å². The van der Waals surface area contributed by atoms with Crippen LogP contribution in [0.25, 0.3) is 0 Å². The smallest absolute Gasteiger partial charge is 0.260 e. The minimum Gasteiger partial charge on any atom is -0.484 e. The van der Waals surface area contributed by atoms with Crippen LogP contribution in [0.5, 0.6) is 5.75 Å². The lowest BCUT2D eigenvalue weighted by Gasteiger charge is -2.17. The van der Waals surface area contributed by atoms with Gasteiger partial charge in [0.2, 0.25) is 0 Å². The van der Waals surface area contributed by atoms with Gasteiger partial charge in [0.1, 0.15) is 5.75 Å². The number of hydrogen-bond acceptors (Lipinski definition) is 3. The molecular weight excluding hydrogens is 254 g/mol. The molecule has 0 aliphatic heterocycles. The highest BCUT2D eigenvalue weighted by Crippen LogP contribution is 2.13. The molecule has 0 aliphatic rings. The molecule has 0 bridgehead atoms. The fraction of sp³-hybridized carbons (Fsp3) is 0.562. The predicted molar refractivity (Wildman–Crippen MR) is 79.9 cm³/mol. The number of carbonyl (C=O) groups is 1. The summed E-state index contributed by atoms with van der Waals surface area (Å²) >= 11 is 0. The molecule has 1 aromatic rings. The molecular formula is C16H25NO3. The van der Waals surface area contributed by atoms with E-state index in [9.17, 15) is 4.79 Å². The number of rotatable bonds is 9. The van der Waals surface area contributed by atoms with Gasteiger partial charge in [-0.3, -0.25) is 4.79 Å². The van der Waals surface area contributed by atoms with Gasteiger partial charge in [0.05, 0.1) is 0 Å². The van der Waals surface area contributed by atoms with E-state index >= 15 is 0 Å². The zero-order valence-electron chi connectivity index (χ0n) is 12.5. The van der Waals surface area contributed by atoms with Crippen LogP contribution in [0.1, 0.15) is 31.7 Å². The molecule has 1 rings (SSSR count). The van der Waals surface area contributed by atoms with Gasteiger partial charge in [0, 0.05) is 20.2 Å². The number of aliphatic hydroxyl groups is 1. The van der Waals surface area contributed by atoms with E-state index in [-0.39, 0.29) is 19.1 Å². The summed E-state index contributed by atoms with van der Waals surface area (Å²) in [7, 11) is 1.78. The van der Waals surface area contributed by atoms with Gasteiger partial charge in [-0.1, -0.05) is 19.1 Å². The SMILES string of the molecule is CCc1cccc(OCC(=O)N(C)CCCCCO)c1. The fourth-order valence-corrected chi connectivity index (χ4v) is 1.87. The summed E-state index contributed by atoms with van der Waals surface area (Å²) in [6, 6.07) is 7.82.